The molecule has 5 nitrogen and oxygen atoms in total. The number of nitrogens with one attached hydrogen (secondary N) is 1. The molecular formula is C11H23N3O2. The summed E-state index contributed by atoms with van der Waals surface area (Å²) in [5.74, 6) is 5.13. The first-order valence-corrected chi connectivity index (χ1v) is 5.90. The van der Waals surface area contributed by atoms with Crippen molar-refractivity contribution in [3.63, 3.8) is 0 Å². The van der Waals surface area contributed by atoms with E-state index in [1.165, 1.54) is 0 Å². The summed E-state index contributed by atoms with van der Waals surface area (Å²) in [5.41, 5.74) is 2.19. The monoisotopic (exact) mass is 229 g/mol. The number of hydrogen-bond donors (Lipinski definition) is 3. The number of nitrogens with zero attached hydrogens (tertiary/aromatic N) is 1. The highest BCUT2D eigenvalue weighted by atomic mass is 16.3. The number of nitrogens with two attached hydrogens (primary N) is 1. The van der Waals surface area contributed by atoms with Crippen LogP contribution in [0.1, 0.15) is 27.2 Å². The maximum atomic E-state index is 11.4. The van der Waals surface area contributed by atoms with Crippen LogP contribution >= 0.6 is 0 Å². The molecule has 0 radical (unpaired) electrons. The molecule has 4 unspecified atom stereocenters. The summed E-state index contributed by atoms with van der Waals surface area (Å²) in [6.45, 7) is 7.63. The molecule has 5 heteroatoms. The summed E-state index contributed by atoms with van der Waals surface area (Å²) in [6, 6.07) is 0.151. The number of hydrogen-bond acceptors (Lipinski definition) is 4. The highest BCUT2D eigenvalue weighted by molar-refractivity contribution is 5.78. The van der Waals surface area contributed by atoms with E-state index in [2.05, 4.69) is 10.3 Å². The van der Waals surface area contributed by atoms with Gasteiger partial charge in [-0.1, -0.05) is 13.8 Å². The Kier molecular flexibility index (Phi) is 4.70. The van der Waals surface area contributed by atoms with E-state index in [-0.39, 0.29) is 29.9 Å². The fourth-order valence-corrected chi connectivity index (χ4v) is 2.20. The van der Waals surface area contributed by atoms with Crippen LogP contribution in [0.3, 0.4) is 0 Å². The first-order valence-electron chi connectivity index (χ1n) is 5.90. The van der Waals surface area contributed by atoms with Gasteiger partial charge in [-0.3, -0.25) is 15.1 Å². The Bertz CT molecular complexity index is 247. The smallest absolute Gasteiger partial charge is 0.238 e. The van der Waals surface area contributed by atoms with E-state index >= 15 is 0 Å². The summed E-state index contributed by atoms with van der Waals surface area (Å²) in [5, 5.41) is 9.65. The van der Waals surface area contributed by atoms with E-state index in [0.29, 0.717) is 0 Å². The van der Waals surface area contributed by atoms with Crippen molar-refractivity contribution < 1.29 is 9.90 Å². The molecule has 1 fully saturated rings. The number of amides is 1. The van der Waals surface area contributed by atoms with Crippen molar-refractivity contribution in [1.82, 2.24) is 10.3 Å². The van der Waals surface area contributed by atoms with E-state index in [1.54, 1.807) is 0 Å². The number of aliphatic hydroxyl groups is 1. The predicted molar refractivity (Wildman–Crippen MR) is 62.3 cm³/mol. The third-order valence-corrected chi connectivity index (χ3v) is 3.75. The van der Waals surface area contributed by atoms with Gasteiger partial charge in [0.1, 0.15) is 0 Å². The van der Waals surface area contributed by atoms with Gasteiger partial charge in [-0.15, -0.1) is 0 Å². The van der Waals surface area contributed by atoms with Crippen LogP contribution in [0.2, 0.25) is 0 Å². The Balaban J connectivity index is 2.54. The third kappa shape index (κ3) is 2.93. The Morgan fingerprint density at radius 2 is 2.19 bits per heavy atom. The summed E-state index contributed by atoms with van der Waals surface area (Å²) in [4.78, 5) is 13.7. The lowest BCUT2D eigenvalue weighted by Crippen LogP contribution is -2.51. The van der Waals surface area contributed by atoms with Gasteiger partial charge in [-0.05, 0) is 19.3 Å². The molecule has 0 bridgehead atoms. The molecule has 1 aliphatic heterocycles. The SMILES string of the molecule is CC1CN(C(C)C(C)C(=O)NN)CCC1O. The molecule has 0 saturated carbocycles. The van der Waals surface area contributed by atoms with Crippen LogP contribution in [-0.2, 0) is 4.79 Å². The normalized spacial score (nSPS) is 30.8. The average Bonchev–Trinajstić information content (AvgIpc) is 2.29. The lowest BCUT2D eigenvalue weighted by Gasteiger charge is -2.39. The first kappa shape index (κ1) is 13.4. The van der Waals surface area contributed by atoms with Crippen molar-refractivity contribution in [2.45, 2.75) is 39.3 Å². The van der Waals surface area contributed by atoms with Crippen molar-refractivity contribution in [2.75, 3.05) is 13.1 Å². The number of carbonyl (C=O) groups excluding carboxylic acids is 1. The van der Waals surface area contributed by atoms with Gasteiger partial charge in [-0.25, -0.2) is 5.84 Å². The van der Waals surface area contributed by atoms with Crippen LogP contribution < -0.4 is 11.3 Å². The second-order valence-electron chi connectivity index (χ2n) is 4.87. The molecule has 1 saturated heterocycles. The molecule has 0 spiro atoms. The number of aliphatic hydroxyl groups excluding tert-OH is 1. The molecule has 0 aromatic carbocycles. The van der Waals surface area contributed by atoms with Crippen LogP contribution in [-0.4, -0.2) is 41.1 Å². The van der Waals surface area contributed by atoms with Gasteiger partial charge in [0.2, 0.25) is 5.91 Å². The van der Waals surface area contributed by atoms with E-state index in [1.807, 2.05) is 20.8 Å². The Hall–Kier alpha value is -0.650. The highest BCUT2D eigenvalue weighted by Crippen LogP contribution is 2.21. The van der Waals surface area contributed by atoms with Crippen LogP contribution in [0.25, 0.3) is 0 Å². The molecule has 16 heavy (non-hydrogen) atoms. The first-order chi connectivity index (χ1) is 7.47. The molecule has 1 rings (SSSR count). The minimum Gasteiger partial charge on any atom is -0.393 e. The number of carbonyl (C=O) groups is 1. The second kappa shape index (κ2) is 5.61. The summed E-state index contributed by atoms with van der Waals surface area (Å²) in [6.07, 6.45) is 0.574. The largest absolute Gasteiger partial charge is 0.393 e. The van der Waals surface area contributed by atoms with Crippen molar-refractivity contribution >= 4 is 5.91 Å². The standard InChI is InChI=1S/C11H23N3O2/c1-7-6-14(5-4-10(7)15)9(3)8(2)11(16)13-12/h7-10,15H,4-6,12H2,1-3H3,(H,13,16). The zero-order valence-electron chi connectivity index (χ0n) is 10.3. The van der Waals surface area contributed by atoms with Gasteiger partial charge >= 0.3 is 0 Å². The van der Waals surface area contributed by atoms with Gasteiger partial charge in [0.05, 0.1) is 12.0 Å². The Labute approximate surface area is 97.0 Å². The van der Waals surface area contributed by atoms with Gasteiger partial charge in [-0.2, -0.15) is 0 Å². The van der Waals surface area contributed by atoms with Crippen molar-refractivity contribution in [2.24, 2.45) is 17.7 Å². The minimum absolute atomic E-state index is 0.132. The summed E-state index contributed by atoms with van der Waals surface area (Å²) >= 11 is 0. The molecule has 4 atom stereocenters. The highest BCUT2D eigenvalue weighted by Gasteiger charge is 2.31. The van der Waals surface area contributed by atoms with Gasteiger partial charge in [0.15, 0.2) is 0 Å². The predicted octanol–water partition coefficient (Wildman–Crippen LogP) is -0.296. The zero-order chi connectivity index (χ0) is 12.3. The molecule has 4 N–H and O–H groups in total. The molecule has 0 aromatic rings. The van der Waals surface area contributed by atoms with Crippen LogP contribution in [0.5, 0.6) is 0 Å². The Morgan fingerprint density at radius 1 is 1.56 bits per heavy atom. The van der Waals surface area contributed by atoms with Crippen molar-refractivity contribution in [1.29, 1.82) is 0 Å². The van der Waals surface area contributed by atoms with Crippen LogP contribution in [0.4, 0.5) is 0 Å². The number of piperidine rings is 1. The van der Waals surface area contributed by atoms with E-state index in [4.69, 9.17) is 5.84 Å². The molecule has 1 heterocycles. The topological polar surface area (TPSA) is 78.6 Å². The summed E-state index contributed by atoms with van der Waals surface area (Å²) in [7, 11) is 0. The second-order valence-corrected chi connectivity index (χ2v) is 4.87. The van der Waals surface area contributed by atoms with E-state index < -0.39 is 0 Å². The molecule has 94 valence electrons. The number of rotatable bonds is 3. The average molecular weight is 229 g/mol. The van der Waals surface area contributed by atoms with Gasteiger partial charge in [0, 0.05) is 19.1 Å². The number of likely N-dealkylation sites (tertiary alicyclic amines) is 1. The third-order valence-electron chi connectivity index (χ3n) is 3.75. The lowest BCUT2D eigenvalue weighted by molar-refractivity contribution is -0.127. The molecule has 1 amide bonds. The minimum atomic E-state index is -0.206. The number of hydrazine groups is 1. The molecule has 0 aliphatic carbocycles. The van der Waals surface area contributed by atoms with Crippen LogP contribution in [0, 0.1) is 11.8 Å². The van der Waals surface area contributed by atoms with Crippen LogP contribution in [0.15, 0.2) is 0 Å². The van der Waals surface area contributed by atoms with Gasteiger partial charge < -0.3 is 5.11 Å². The maximum Gasteiger partial charge on any atom is 0.238 e. The summed E-state index contributed by atoms with van der Waals surface area (Å²) < 4.78 is 0. The van der Waals surface area contributed by atoms with Crippen molar-refractivity contribution in [3.8, 4) is 0 Å². The lowest BCUT2D eigenvalue weighted by atomic mass is 9.92. The molecule has 0 aromatic heterocycles. The van der Waals surface area contributed by atoms with Crippen molar-refractivity contribution in [3.05, 3.63) is 0 Å². The molecule has 1 aliphatic rings. The Morgan fingerprint density at radius 3 is 2.69 bits per heavy atom. The van der Waals surface area contributed by atoms with E-state index in [0.717, 1.165) is 19.5 Å². The van der Waals surface area contributed by atoms with E-state index in [9.17, 15) is 9.90 Å². The van der Waals surface area contributed by atoms with Gasteiger partial charge in [0.25, 0.3) is 0 Å². The maximum absolute atomic E-state index is 11.4. The molecular weight excluding hydrogens is 206 g/mol. The fraction of sp³-hybridized carbons (Fsp3) is 0.909. The zero-order valence-corrected chi connectivity index (χ0v) is 10.3. The fourth-order valence-electron chi connectivity index (χ4n) is 2.20. The quantitative estimate of drug-likeness (QED) is 0.353.